The summed E-state index contributed by atoms with van der Waals surface area (Å²) in [5.74, 6) is 0. The SMILES string of the molecule is CC(C)(C)c1ccc(-n2c3ccccc3c3c4c(ccc32)-c2cccc3cccc-4c23)cc1. The summed E-state index contributed by atoms with van der Waals surface area (Å²) in [4.78, 5) is 0. The predicted octanol–water partition coefficient (Wildman–Crippen LogP) is 8.88. The number of aromatic nitrogens is 1. The Morgan fingerprint density at radius 1 is 0.545 bits per heavy atom. The minimum absolute atomic E-state index is 0.143. The largest absolute Gasteiger partial charge is 0.309 e. The molecule has 1 aliphatic carbocycles. The third kappa shape index (κ3) is 2.48. The summed E-state index contributed by atoms with van der Waals surface area (Å²) in [5.41, 5.74) is 10.7. The first-order valence-electron chi connectivity index (χ1n) is 11.7. The van der Waals surface area contributed by atoms with Crippen LogP contribution in [-0.4, -0.2) is 4.57 Å². The number of para-hydroxylation sites is 1. The molecule has 1 heterocycles. The highest BCUT2D eigenvalue weighted by molar-refractivity contribution is 6.26. The Labute approximate surface area is 193 Å². The van der Waals surface area contributed by atoms with Crippen molar-refractivity contribution in [2.75, 3.05) is 0 Å². The summed E-state index contributed by atoms with van der Waals surface area (Å²) in [5, 5.41) is 5.37. The zero-order chi connectivity index (χ0) is 22.3. The summed E-state index contributed by atoms with van der Waals surface area (Å²) in [6.07, 6.45) is 0. The molecular weight excluding hydrogens is 398 g/mol. The normalized spacial score (nSPS) is 12.7. The van der Waals surface area contributed by atoms with Crippen molar-refractivity contribution in [1.29, 1.82) is 0 Å². The van der Waals surface area contributed by atoms with Gasteiger partial charge in [0, 0.05) is 22.0 Å². The molecule has 0 spiro atoms. The Balaban J connectivity index is 1.60. The van der Waals surface area contributed by atoms with Gasteiger partial charge in [-0.25, -0.2) is 0 Å². The zero-order valence-corrected chi connectivity index (χ0v) is 19.2. The van der Waals surface area contributed by atoms with E-state index in [1.807, 2.05) is 0 Å². The van der Waals surface area contributed by atoms with Gasteiger partial charge in [-0.1, -0.05) is 93.6 Å². The second-order valence-electron chi connectivity index (χ2n) is 10.2. The summed E-state index contributed by atoms with van der Waals surface area (Å²) in [7, 11) is 0. The van der Waals surface area contributed by atoms with Crippen LogP contribution in [0.2, 0.25) is 0 Å². The third-order valence-electron chi connectivity index (χ3n) is 7.29. The second-order valence-corrected chi connectivity index (χ2v) is 10.2. The molecule has 1 heteroatoms. The molecule has 0 radical (unpaired) electrons. The number of fused-ring (bicyclic) bond motifs is 7. The molecule has 6 aromatic rings. The second kappa shape index (κ2) is 6.36. The van der Waals surface area contributed by atoms with E-state index in [4.69, 9.17) is 0 Å². The molecular formula is C32H25N. The van der Waals surface area contributed by atoms with Gasteiger partial charge in [0.25, 0.3) is 0 Å². The van der Waals surface area contributed by atoms with Gasteiger partial charge in [0.15, 0.2) is 0 Å². The fraction of sp³-hybridized carbons (Fsp3) is 0.125. The van der Waals surface area contributed by atoms with Gasteiger partial charge >= 0.3 is 0 Å². The average molecular weight is 424 g/mol. The molecule has 0 fully saturated rings. The van der Waals surface area contributed by atoms with Crippen LogP contribution < -0.4 is 0 Å². The zero-order valence-electron chi connectivity index (χ0n) is 19.2. The highest BCUT2D eigenvalue weighted by Gasteiger charge is 2.26. The summed E-state index contributed by atoms with van der Waals surface area (Å²) < 4.78 is 2.43. The van der Waals surface area contributed by atoms with Crippen molar-refractivity contribution in [3.8, 4) is 27.9 Å². The Bertz CT molecular complexity index is 1720. The van der Waals surface area contributed by atoms with Gasteiger partial charge in [-0.05, 0) is 62.7 Å². The van der Waals surface area contributed by atoms with Crippen molar-refractivity contribution in [2.45, 2.75) is 26.2 Å². The predicted molar refractivity (Wildman–Crippen MR) is 141 cm³/mol. The lowest BCUT2D eigenvalue weighted by Gasteiger charge is -2.19. The fourth-order valence-electron chi connectivity index (χ4n) is 5.73. The van der Waals surface area contributed by atoms with Gasteiger partial charge in [0.1, 0.15) is 0 Å². The van der Waals surface area contributed by atoms with Gasteiger partial charge in [0.05, 0.1) is 11.0 Å². The van der Waals surface area contributed by atoms with E-state index in [-0.39, 0.29) is 5.41 Å². The van der Waals surface area contributed by atoms with Crippen molar-refractivity contribution in [3.05, 3.63) is 103 Å². The number of rotatable bonds is 1. The lowest BCUT2D eigenvalue weighted by atomic mass is 9.87. The standard InChI is InChI=1S/C32H25N/c1-32(2,3)21-14-16-22(17-15-21)33-27-13-5-4-10-25(27)31-28(33)19-18-24-23-11-6-8-20-9-7-12-26(29(20)23)30(24)31/h4-19H,1-3H3. The van der Waals surface area contributed by atoms with E-state index in [0.29, 0.717) is 0 Å². The van der Waals surface area contributed by atoms with E-state index in [9.17, 15) is 0 Å². The van der Waals surface area contributed by atoms with E-state index in [1.165, 1.54) is 66.1 Å². The maximum absolute atomic E-state index is 2.43. The van der Waals surface area contributed by atoms with E-state index in [1.54, 1.807) is 0 Å². The van der Waals surface area contributed by atoms with Crippen LogP contribution in [0.3, 0.4) is 0 Å². The first-order valence-corrected chi connectivity index (χ1v) is 11.7. The number of benzene rings is 5. The van der Waals surface area contributed by atoms with Gasteiger partial charge in [-0.2, -0.15) is 0 Å². The lowest BCUT2D eigenvalue weighted by Crippen LogP contribution is -2.10. The smallest absolute Gasteiger partial charge is 0.0547 e. The monoisotopic (exact) mass is 423 g/mol. The van der Waals surface area contributed by atoms with Crippen LogP contribution in [0.15, 0.2) is 97.1 Å². The van der Waals surface area contributed by atoms with Crippen molar-refractivity contribution in [1.82, 2.24) is 4.57 Å². The Morgan fingerprint density at radius 3 is 2.03 bits per heavy atom. The lowest BCUT2D eigenvalue weighted by molar-refractivity contribution is 0.590. The highest BCUT2D eigenvalue weighted by Crippen LogP contribution is 2.52. The van der Waals surface area contributed by atoms with Crippen molar-refractivity contribution >= 4 is 32.6 Å². The van der Waals surface area contributed by atoms with Crippen LogP contribution in [0.1, 0.15) is 26.3 Å². The van der Waals surface area contributed by atoms with Crippen LogP contribution in [0, 0.1) is 0 Å². The molecule has 0 bridgehead atoms. The first-order chi connectivity index (χ1) is 16.0. The topological polar surface area (TPSA) is 4.93 Å². The van der Waals surface area contributed by atoms with E-state index in [2.05, 4.69) is 122 Å². The summed E-state index contributed by atoms with van der Waals surface area (Å²) in [6, 6.07) is 36.0. The molecule has 0 amide bonds. The van der Waals surface area contributed by atoms with Crippen molar-refractivity contribution in [3.63, 3.8) is 0 Å². The van der Waals surface area contributed by atoms with Gasteiger partial charge in [-0.3, -0.25) is 0 Å². The summed E-state index contributed by atoms with van der Waals surface area (Å²) in [6.45, 7) is 6.80. The molecule has 0 atom stereocenters. The summed E-state index contributed by atoms with van der Waals surface area (Å²) >= 11 is 0. The van der Waals surface area contributed by atoms with Gasteiger partial charge < -0.3 is 4.57 Å². The van der Waals surface area contributed by atoms with Crippen LogP contribution in [0.5, 0.6) is 0 Å². The molecule has 158 valence electrons. The van der Waals surface area contributed by atoms with Crippen LogP contribution in [-0.2, 0) is 5.41 Å². The van der Waals surface area contributed by atoms with Crippen molar-refractivity contribution < 1.29 is 0 Å². The quantitative estimate of drug-likeness (QED) is 0.248. The van der Waals surface area contributed by atoms with Gasteiger partial charge in [0.2, 0.25) is 0 Å². The van der Waals surface area contributed by atoms with Crippen LogP contribution in [0.4, 0.5) is 0 Å². The molecule has 0 saturated carbocycles. The number of hydrogen-bond donors (Lipinski definition) is 0. The molecule has 7 rings (SSSR count). The number of hydrogen-bond acceptors (Lipinski definition) is 0. The van der Waals surface area contributed by atoms with E-state index < -0.39 is 0 Å². The molecule has 0 unspecified atom stereocenters. The maximum atomic E-state index is 2.43. The van der Waals surface area contributed by atoms with E-state index >= 15 is 0 Å². The Kier molecular flexibility index (Phi) is 3.60. The molecule has 0 N–H and O–H groups in total. The third-order valence-corrected chi connectivity index (χ3v) is 7.29. The molecule has 5 aromatic carbocycles. The molecule has 1 aliphatic rings. The van der Waals surface area contributed by atoms with E-state index in [0.717, 1.165) is 0 Å². The van der Waals surface area contributed by atoms with Crippen LogP contribution >= 0.6 is 0 Å². The molecule has 0 saturated heterocycles. The van der Waals surface area contributed by atoms with Crippen LogP contribution in [0.25, 0.3) is 60.5 Å². The molecule has 1 aromatic heterocycles. The molecule has 33 heavy (non-hydrogen) atoms. The minimum Gasteiger partial charge on any atom is -0.309 e. The Morgan fingerprint density at radius 2 is 1.27 bits per heavy atom. The average Bonchev–Trinajstić information content (AvgIpc) is 3.33. The molecule has 1 nitrogen and oxygen atoms in total. The minimum atomic E-state index is 0.143. The Hall–Kier alpha value is -3.84. The fourth-order valence-corrected chi connectivity index (χ4v) is 5.73. The highest BCUT2D eigenvalue weighted by atomic mass is 15.0. The number of nitrogens with zero attached hydrogens (tertiary/aromatic N) is 1. The first kappa shape index (κ1) is 18.7. The van der Waals surface area contributed by atoms with Crippen molar-refractivity contribution in [2.24, 2.45) is 0 Å². The maximum Gasteiger partial charge on any atom is 0.0547 e. The van der Waals surface area contributed by atoms with Gasteiger partial charge in [-0.15, -0.1) is 0 Å². The molecule has 0 aliphatic heterocycles.